The fraction of sp³-hybridized carbons (Fsp3) is 0.263. The first kappa shape index (κ1) is 32.5. The van der Waals surface area contributed by atoms with E-state index in [2.05, 4.69) is 11.6 Å². The van der Waals surface area contributed by atoms with Crippen molar-refractivity contribution in [3.63, 3.8) is 0 Å². The quantitative estimate of drug-likeness (QED) is 0.240. The number of ether oxygens (including phenoxy) is 1. The van der Waals surface area contributed by atoms with E-state index in [1.807, 2.05) is 60.7 Å². The number of phenolic OH excluding ortho intramolecular Hbond substituents is 1. The van der Waals surface area contributed by atoms with Gasteiger partial charge in [-0.25, -0.2) is 15.0 Å². The Morgan fingerprint density at radius 1 is 0.958 bits per heavy atom. The molecule has 4 aromatic rings. The highest BCUT2D eigenvalue weighted by Crippen LogP contribution is 2.31. The summed E-state index contributed by atoms with van der Waals surface area (Å²) in [6.07, 6.45) is 3.75. The van der Waals surface area contributed by atoms with Crippen LogP contribution < -0.4 is 4.74 Å². The average Bonchev–Trinajstić information content (AvgIpc) is 3.10. The molecule has 0 saturated carbocycles. The predicted molar refractivity (Wildman–Crippen MR) is 181 cm³/mol. The number of piperazine rings is 1. The summed E-state index contributed by atoms with van der Waals surface area (Å²) in [5.41, 5.74) is 4.59. The Morgan fingerprint density at radius 3 is 2.44 bits per heavy atom. The number of rotatable bonds is 11. The number of nitrogens with zero attached hydrogens (tertiary/aromatic N) is 5. The minimum absolute atomic E-state index is 0.0447. The molecular formula is C38H39N5O5. The number of hydrazine groups is 1. The molecule has 0 aliphatic carbocycles. The van der Waals surface area contributed by atoms with Crippen molar-refractivity contribution in [3.8, 4) is 22.8 Å². The van der Waals surface area contributed by atoms with Crippen LogP contribution in [0.1, 0.15) is 23.1 Å². The maximum atomic E-state index is 14.3. The zero-order valence-electron chi connectivity index (χ0n) is 26.9. The SMILES string of the molecule is C=CCN1CC(=O)N2[C@@H](Cc3ccc(O)cc3)C(=O)N(Cc3cccc(-c4ccc(OC)nc4)c3)C[C@@H]2N1C(=O)CCc1ccccc1. The topological polar surface area (TPSA) is 107 Å². The van der Waals surface area contributed by atoms with Gasteiger partial charge in [-0.3, -0.25) is 14.4 Å². The van der Waals surface area contributed by atoms with Gasteiger partial charge in [-0.2, -0.15) is 0 Å². The van der Waals surface area contributed by atoms with Gasteiger partial charge in [0, 0.05) is 43.8 Å². The van der Waals surface area contributed by atoms with Gasteiger partial charge < -0.3 is 19.6 Å². The minimum Gasteiger partial charge on any atom is -0.508 e. The Labute approximate surface area is 280 Å². The molecule has 3 aromatic carbocycles. The van der Waals surface area contributed by atoms with Crippen LogP contribution in [0.4, 0.5) is 0 Å². The molecule has 0 unspecified atom stereocenters. The zero-order valence-corrected chi connectivity index (χ0v) is 26.9. The lowest BCUT2D eigenvalue weighted by Crippen LogP contribution is -2.75. The number of benzene rings is 3. The number of aromatic hydroxyl groups is 1. The standard InChI is InChI=1S/C38H39N5O5/c1-3-20-41-26-37(46)42-33(22-28-12-16-32(44)17-13-28)38(47)40(25-35(42)43(41)36(45)19-14-27-8-5-4-6-9-27)24-29-10-7-11-30(21-29)31-15-18-34(48-2)39-23-31/h3-13,15-18,21,23,33,35,44H,1,14,19-20,22,24-26H2,2H3/t33-,35-/m0/s1. The first-order valence-corrected chi connectivity index (χ1v) is 16.0. The molecule has 2 fully saturated rings. The number of aryl methyl sites for hydroxylation is 1. The maximum absolute atomic E-state index is 14.3. The van der Waals surface area contributed by atoms with Crippen molar-refractivity contribution in [1.82, 2.24) is 24.8 Å². The monoisotopic (exact) mass is 645 g/mol. The van der Waals surface area contributed by atoms with Gasteiger partial charge >= 0.3 is 0 Å². The van der Waals surface area contributed by atoms with Crippen LogP contribution in [0.5, 0.6) is 11.6 Å². The number of pyridine rings is 1. The second-order valence-electron chi connectivity index (χ2n) is 12.0. The summed E-state index contributed by atoms with van der Waals surface area (Å²) in [6, 6.07) is 27.3. The lowest BCUT2D eigenvalue weighted by Gasteiger charge is -2.55. The van der Waals surface area contributed by atoms with Crippen LogP contribution in [0.2, 0.25) is 0 Å². The van der Waals surface area contributed by atoms with Crippen LogP contribution in [-0.2, 0) is 33.8 Å². The largest absolute Gasteiger partial charge is 0.508 e. The van der Waals surface area contributed by atoms with Crippen LogP contribution >= 0.6 is 0 Å². The van der Waals surface area contributed by atoms with Gasteiger partial charge in [-0.05, 0) is 52.9 Å². The molecule has 2 saturated heterocycles. The molecule has 48 heavy (non-hydrogen) atoms. The molecule has 2 atom stereocenters. The van der Waals surface area contributed by atoms with Crippen molar-refractivity contribution < 1.29 is 24.2 Å². The summed E-state index contributed by atoms with van der Waals surface area (Å²) >= 11 is 0. The van der Waals surface area contributed by atoms with E-state index in [9.17, 15) is 19.5 Å². The summed E-state index contributed by atoms with van der Waals surface area (Å²) < 4.78 is 5.20. The van der Waals surface area contributed by atoms with Gasteiger partial charge in [0.15, 0.2) is 0 Å². The summed E-state index contributed by atoms with van der Waals surface area (Å²) in [6.45, 7) is 4.57. The number of fused-ring (bicyclic) bond motifs is 1. The zero-order chi connectivity index (χ0) is 33.6. The number of carbonyl (C=O) groups is 3. The number of carbonyl (C=O) groups excluding carboxylic acids is 3. The molecule has 0 bridgehead atoms. The summed E-state index contributed by atoms with van der Waals surface area (Å²) in [7, 11) is 1.57. The van der Waals surface area contributed by atoms with E-state index in [-0.39, 0.29) is 55.9 Å². The summed E-state index contributed by atoms with van der Waals surface area (Å²) in [4.78, 5) is 50.0. The Morgan fingerprint density at radius 2 is 1.73 bits per heavy atom. The molecule has 3 heterocycles. The molecule has 0 radical (unpaired) electrons. The van der Waals surface area contributed by atoms with Crippen LogP contribution in [-0.4, -0.2) is 86.6 Å². The average molecular weight is 646 g/mol. The molecule has 3 amide bonds. The van der Waals surface area contributed by atoms with E-state index in [4.69, 9.17) is 4.74 Å². The van der Waals surface area contributed by atoms with Gasteiger partial charge in [0.1, 0.15) is 18.0 Å². The van der Waals surface area contributed by atoms with Gasteiger partial charge in [0.2, 0.25) is 23.6 Å². The van der Waals surface area contributed by atoms with Crippen LogP contribution in [0.3, 0.4) is 0 Å². The second kappa shape index (κ2) is 14.5. The molecule has 1 N–H and O–H groups in total. The van der Waals surface area contributed by atoms with Gasteiger partial charge in [0.25, 0.3) is 0 Å². The summed E-state index contributed by atoms with van der Waals surface area (Å²) in [5, 5.41) is 13.3. The van der Waals surface area contributed by atoms with Crippen LogP contribution in [0.25, 0.3) is 11.1 Å². The van der Waals surface area contributed by atoms with Crippen molar-refractivity contribution in [2.24, 2.45) is 0 Å². The number of hydrogen-bond donors (Lipinski definition) is 1. The molecule has 10 nitrogen and oxygen atoms in total. The highest BCUT2D eigenvalue weighted by atomic mass is 16.5. The van der Waals surface area contributed by atoms with Crippen molar-refractivity contribution >= 4 is 17.7 Å². The van der Waals surface area contributed by atoms with Crippen LogP contribution in [0.15, 0.2) is 110 Å². The number of aromatic nitrogens is 1. The van der Waals surface area contributed by atoms with E-state index < -0.39 is 12.2 Å². The van der Waals surface area contributed by atoms with Gasteiger partial charge in [0.05, 0.1) is 20.2 Å². The molecule has 2 aliphatic heterocycles. The molecule has 246 valence electrons. The smallest absolute Gasteiger partial charge is 0.246 e. The van der Waals surface area contributed by atoms with E-state index in [1.54, 1.807) is 69.5 Å². The number of hydrogen-bond acceptors (Lipinski definition) is 7. The lowest BCUT2D eigenvalue weighted by molar-refractivity contribution is -0.205. The third-order valence-electron chi connectivity index (χ3n) is 8.84. The Hall–Kier alpha value is -5.48. The third-order valence-corrected chi connectivity index (χ3v) is 8.84. The maximum Gasteiger partial charge on any atom is 0.246 e. The number of methoxy groups -OCH3 is 1. The van der Waals surface area contributed by atoms with Gasteiger partial charge in [-0.1, -0.05) is 66.7 Å². The number of amides is 3. The summed E-state index contributed by atoms with van der Waals surface area (Å²) in [5.74, 6) is 0.0885. The highest BCUT2D eigenvalue weighted by molar-refractivity contribution is 5.92. The van der Waals surface area contributed by atoms with Crippen molar-refractivity contribution in [2.75, 3.05) is 26.7 Å². The van der Waals surface area contributed by atoms with Crippen molar-refractivity contribution in [3.05, 3.63) is 127 Å². The fourth-order valence-electron chi connectivity index (χ4n) is 6.51. The van der Waals surface area contributed by atoms with Crippen molar-refractivity contribution in [2.45, 2.75) is 38.0 Å². The van der Waals surface area contributed by atoms with E-state index in [1.165, 1.54) is 0 Å². The van der Waals surface area contributed by atoms with Crippen molar-refractivity contribution in [1.29, 1.82) is 0 Å². The molecular weight excluding hydrogens is 606 g/mol. The number of phenols is 1. The molecule has 1 aromatic heterocycles. The molecule has 6 rings (SSSR count). The third kappa shape index (κ3) is 7.08. The first-order valence-electron chi connectivity index (χ1n) is 16.0. The lowest BCUT2D eigenvalue weighted by atomic mass is 9.97. The van der Waals surface area contributed by atoms with Gasteiger partial charge in [-0.15, -0.1) is 6.58 Å². The van der Waals surface area contributed by atoms with Crippen LogP contribution in [0, 0.1) is 0 Å². The fourth-order valence-corrected chi connectivity index (χ4v) is 6.51. The molecule has 2 aliphatic rings. The normalized spacial score (nSPS) is 18.1. The van der Waals surface area contributed by atoms with E-state index >= 15 is 0 Å². The Kier molecular flexibility index (Phi) is 9.82. The molecule has 0 spiro atoms. The first-order chi connectivity index (χ1) is 23.3. The highest BCUT2D eigenvalue weighted by Gasteiger charge is 2.51. The second-order valence-corrected chi connectivity index (χ2v) is 12.0. The van der Waals surface area contributed by atoms with E-state index in [0.717, 1.165) is 27.8 Å². The Balaban J connectivity index is 1.33. The predicted octanol–water partition coefficient (Wildman–Crippen LogP) is 4.45. The van der Waals surface area contributed by atoms with E-state index in [0.29, 0.717) is 18.8 Å². The Bertz CT molecular complexity index is 1760. The minimum atomic E-state index is -0.843. The molecule has 10 heteroatoms.